The average molecular weight is 243 g/mol. The molecule has 0 atom stereocenters. The summed E-state index contributed by atoms with van der Waals surface area (Å²) in [4.78, 5) is 10.5. The van der Waals surface area contributed by atoms with Crippen LogP contribution in [0.4, 0.5) is 0 Å². The van der Waals surface area contributed by atoms with Gasteiger partial charge >= 0.3 is 5.97 Å². The van der Waals surface area contributed by atoms with E-state index in [2.05, 4.69) is 0 Å². The van der Waals surface area contributed by atoms with E-state index in [4.69, 9.17) is 21.4 Å². The van der Waals surface area contributed by atoms with E-state index in [1.807, 2.05) is 19.9 Å². The normalized spacial score (nSPS) is 10.2. The number of benzene rings is 1. The molecule has 0 radical (unpaired) electrons. The van der Waals surface area contributed by atoms with Crippen LogP contribution in [0, 0.1) is 6.92 Å². The highest BCUT2D eigenvalue weighted by molar-refractivity contribution is 6.31. The third-order valence-electron chi connectivity index (χ3n) is 2.25. The first-order chi connectivity index (χ1) is 7.54. The Morgan fingerprint density at radius 1 is 1.50 bits per heavy atom. The van der Waals surface area contributed by atoms with Crippen molar-refractivity contribution in [3.63, 3.8) is 0 Å². The van der Waals surface area contributed by atoms with Crippen LogP contribution in [0.1, 0.15) is 24.5 Å². The number of hydrogen-bond acceptors (Lipinski definition) is 2. The number of rotatable bonds is 5. The van der Waals surface area contributed by atoms with Gasteiger partial charge in [-0.15, -0.1) is 0 Å². The van der Waals surface area contributed by atoms with Crippen molar-refractivity contribution in [1.82, 2.24) is 0 Å². The Morgan fingerprint density at radius 2 is 2.19 bits per heavy atom. The van der Waals surface area contributed by atoms with Gasteiger partial charge < -0.3 is 9.84 Å². The number of carbonyl (C=O) groups is 1. The molecule has 0 spiro atoms. The molecular weight excluding hydrogens is 228 g/mol. The Kier molecular flexibility index (Phi) is 4.62. The molecule has 0 amide bonds. The molecule has 3 nitrogen and oxygen atoms in total. The molecule has 0 aliphatic rings. The predicted molar refractivity (Wildman–Crippen MR) is 63.3 cm³/mol. The standard InChI is InChI=1S/C12H15ClO3/c1-3-16-11-6-8(2)10(13)7-9(11)4-5-12(14)15/h6-7H,3-5H2,1-2H3,(H,14,15). The van der Waals surface area contributed by atoms with Gasteiger partial charge in [-0.05, 0) is 43.5 Å². The molecule has 1 rings (SSSR count). The minimum atomic E-state index is -0.820. The van der Waals surface area contributed by atoms with Gasteiger partial charge in [-0.1, -0.05) is 11.6 Å². The molecule has 1 aromatic carbocycles. The summed E-state index contributed by atoms with van der Waals surface area (Å²) in [5.41, 5.74) is 1.78. The number of halogens is 1. The Labute approximate surface area is 100.0 Å². The Balaban J connectivity index is 2.94. The van der Waals surface area contributed by atoms with Crippen LogP contribution in [-0.2, 0) is 11.2 Å². The lowest BCUT2D eigenvalue weighted by Gasteiger charge is -2.11. The second-order valence-electron chi connectivity index (χ2n) is 3.54. The van der Waals surface area contributed by atoms with Crippen molar-refractivity contribution in [3.05, 3.63) is 28.3 Å². The molecule has 0 bridgehead atoms. The summed E-state index contributed by atoms with van der Waals surface area (Å²) in [6, 6.07) is 3.63. The Hall–Kier alpha value is -1.22. The van der Waals surface area contributed by atoms with Crippen molar-refractivity contribution in [1.29, 1.82) is 0 Å². The van der Waals surface area contributed by atoms with Crippen LogP contribution in [0.2, 0.25) is 5.02 Å². The second kappa shape index (κ2) is 5.75. The summed E-state index contributed by atoms with van der Waals surface area (Å²) < 4.78 is 5.45. The highest BCUT2D eigenvalue weighted by atomic mass is 35.5. The molecule has 0 fully saturated rings. The van der Waals surface area contributed by atoms with Gasteiger partial charge in [0.1, 0.15) is 5.75 Å². The van der Waals surface area contributed by atoms with E-state index < -0.39 is 5.97 Å². The number of ether oxygens (including phenoxy) is 1. The molecule has 0 aliphatic heterocycles. The number of carboxylic acids is 1. The van der Waals surface area contributed by atoms with Gasteiger partial charge in [0.25, 0.3) is 0 Å². The zero-order valence-corrected chi connectivity index (χ0v) is 10.2. The molecule has 0 unspecified atom stereocenters. The topological polar surface area (TPSA) is 46.5 Å². The lowest BCUT2D eigenvalue weighted by Crippen LogP contribution is -2.02. The molecule has 0 aromatic heterocycles. The van der Waals surface area contributed by atoms with Gasteiger partial charge in [-0.3, -0.25) is 4.79 Å². The molecule has 0 saturated heterocycles. The fraction of sp³-hybridized carbons (Fsp3) is 0.417. The van der Waals surface area contributed by atoms with E-state index in [1.54, 1.807) is 6.07 Å². The maximum Gasteiger partial charge on any atom is 0.303 e. The third kappa shape index (κ3) is 3.42. The van der Waals surface area contributed by atoms with Crippen LogP contribution >= 0.6 is 11.6 Å². The predicted octanol–water partition coefficient (Wildman–Crippen LogP) is 3.06. The van der Waals surface area contributed by atoms with Gasteiger partial charge in [0, 0.05) is 11.4 Å². The zero-order valence-electron chi connectivity index (χ0n) is 9.42. The maximum absolute atomic E-state index is 10.5. The average Bonchev–Trinajstić information content (AvgIpc) is 2.21. The van der Waals surface area contributed by atoms with E-state index in [-0.39, 0.29) is 6.42 Å². The largest absolute Gasteiger partial charge is 0.494 e. The van der Waals surface area contributed by atoms with Crippen LogP contribution < -0.4 is 4.74 Å². The van der Waals surface area contributed by atoms with Crippen LogP contribution in [0.25, 0.3) is 0 Å². The van der Waals surface area contributed by atoms with Crippen LogP contribution in [0.15, 0.2) is 12.1 Å². The van der Waals surface area contributed by atoms with Gasteiger partial charge in [0.15, 0.2) is 0 Å². The molecular formula is C12H15ClO3. The van der Waals surface area contributed by atoms with Gasteiger partial charge in [0.2, 0.25) is 0 Å². The van der Waals surface area contributed by atoms with E-state index in [0.717, 1.165) is 16.9 Å². The molecule has 1 N–H and O–H groups in total. The highest BCUT2D eigenvalue weighted by Crippen LogP contribution is 2.27. The smallest absolute Gasteiger partial charge is 0.303 e. The molecule has 0 heterocycles. The SMILES string of the molecule is CCOc1cc(C)c(Cl)cc1CCC(=O)O. The Morgan fingerprint density at radius 3 is 2.75 bits per heavy atom. The van der Waals surface area contributed by atoms with Gasteiger partial charge in [-0.2, -0.15) is 0 Å². The Bertz CT molecular complexity index is 388. The monoisotopic (exact) mass is 242 g/mol. The lowest BCUT2D eigenvalue weighted by atomic mass is 10.1. The van der Waals surface area contributed by atoms with Crippen molar-refractivity contribution < 1.29 is 14.6 Å². The summed E-state index contributed by atoms with van der Waals surface area (Å²) >= 11 is 6.00. The molecule has 0 saturated carbocycles. The second-order valence-corrected chi connectivity index (χ2v) is 3.94. The van der Waals surface area contributed by atoms with Gasteiger partial charge in [-0.25, -0.2) is 0 Å². The number of aryl methyl sites for hydroxylation is 2. The summed E-state index contributed by atoms with van der Waals surface area (Å²) in [6.45, 7) is 4.35. The van der Waals surface area contributed by atoms with Crippen molar-refractivity contribution >= 4 is 17.6 Å². The molecule has 88 valence electrons. The first-order valence-electron chi connectivity index (χ1n) is 5.18. The number of carboxylic acid groups (broad SMARTS) is 1. The third-order valence-corrected chi connectivity index (χ3v) is 2.66. The number of aliphatic carboxylic acids is 1. The van der Waals surface area contributed by atoms with Crippen molar-refractivity contribution in [3.8, 4) is 5.75 Å². The van der Waals surface area contributed by atoms with Gasteiger partial charge in [0.05, 0.1) is 6.61 Å². The fourth-order valence-corrected chi connectivity index (χ4v) is 1.61. The van der Waals surface area contributed by atoms with Crippen molar-refractivity contribution in [2.45, 2.75) is 26.7 Å². The van der Waals surface area contributed by atoms with E-state index in [0.29, 0.717) is 18.1 Å². The molecule has 0 aliphatic carbocycles. The highest BCUT2D eigenvalue weighted by Gasteiger charge is 2.09. The first-order valence-corrected chi connectivity index (χ1v) is 5.56. The quantitative estimate of drug-likeness (QED) is 0.863. The first kappa shape index (κ1) is 12.8. The van der Waals surface area contributed by atoms with E-state index >= 15 is 0 Å². The minimum absolute atomic E-state index is 0.0828. The van der Waals surface area contributed by atoms with E-state index in [1.165, 1.54) is 0 Å². The minimum Gasteiger partial charge on any atom is -0.494 e. The number of hydrogen-bond donors (Lipinski definition) is 1. The fourth-order valence-electron chi connectivity index (χ4n) is 1.42. The summed E-state index contributed by atoms with van der Waals surface area (Å²) in [5.74, 6) is -0.0928. The van der Waals surface area contributed by atoms with E-state index in [9.17, 15) is 4.79 Å². The zero-order chi connectivity index (χ0) is 12.1. The van der Waals surface area contributed by atoms with Crippen LogP contribution in [0.3, 0.4) is 0 Å². The lowest BCUT2D eigenvalue weighted by molar-refractivity contribution is -0.136. The molecule has 4 heteroatoms. The van der Waals surface area contributed by atoms with Crippen molar-refractivity contribution in [2.75, 3.05) is 6.61 Å². The summed E-state index contributed by atoms with van der Waals surface area (Å²) in [5, 5.41) is 9.29. The maximum atomic E-state index is 10.5. The molecule has 16 heavy (non-hydrogen) atoms. The summed E-state index contributed by atoms with van der Waals surface area (Å²) in [7, 11) is 0. The van der Waals surface area contributed by atoms with Crippen LogP contribution in [-0.4, -0.2) is 17.7 Å². The van der Waals surface area contributed by atoms with Crippen molar-refractivity contribution in [2.24, 2.45) is 0 Å². The molecule has 1 aromatic rings. The van der Waals surface area contributed by atoms with Crippen LogP contribution in [0.5, 0.6) is 5.75 Å². The summed E-state index contributed by atoms with van der Waals surface area (Å²) in [6.07, 6.45) is 0.518.